The lowest BCUT2D eigenvalue weighted by molar-refractivity contribution is -0.119. The molecule has 30 heavy (non-hydrogen) atoms. The van der Waals surface area contributed by atoms with Crippen molar-refractivity contribution in [2.24, 2.45) is 0 Å². The molecule has 2 aliphatic rings. The number of ether oxygens (including phenoxy) is 1. The third kappa shape index (κ3) is 4.62. The Labute approximate surface area is 175 Å². The predicted molar refractivity (Wildman–Crippen MR) is 112 cm³/mol. The molecule has 0 spiro atoms. The third-order valence-corrected chi connectivity index (χ3v) is 5.71. The lowest BCUT2D eigenvalue weighted by Crippen LogP contribution is -2.33. The molecule has 158 valence electrons. The van der Waals surface area contributed by atoms with Gasteiger partial charge in [0, 0.05) is 25.9 Å². The molecule has 2 heterocycles. The summed E-state index contributed by atoms with van der Waals surface area (Å²) in [5.74, 6) is -0.337. The molecule has 6 nitrogen and oxygen atoms in total. The average Bonchev–Trinajstić information content (AvgIpc) is 3.33. The average molecular weight is 411 g/mol. The number of nitrogens with one attached hydrogen (secondary N) is 1. The van der Waals surface area contributed by atoms with Crippen molar-refractivity contribution >= 4 is 17.7 Å². The number of halogens is 1. The van der Waals surface area contributed by atoms with Crippen LogP contribution in [0.1, 0.15) is 30.4 Å². The summed E-state index contributed by atoms with van der Waals surface area (Å²) in [7, 11) is 0. The number of anilines is 1. The van der Waals surface area contributed by atoms with Crippen LogP contribution in [0.5, 0.6) is 0 Å². The van der Waals surface area contributed by atoms with Gasteiger partial charge in [0.1, 0.15) is 11.9 Å². The Bertz CT molecular complexity index is 921. The van der Waals surface area contributed by atoms with Gasteiger partial charge in [-0.1, -0.05) is 36.4 Å². The largest absolute Gasteiger partial charge is 0.442 e. The molecular weight excluding hydrogens is 385 g/mol. The molecule has 2 aliphatic heterocycles. The van der Waals surface area contributed by atoms with Crippen molar-refractivity contribution in [1.82, 2.24) is 10.2 Å². The van der Waals surface area contributed by atoms with Crippen LogP contribution in [0.25, 0.3) is 0 Å². The summed E-state index contributed by atoms with van der Waals surface area (Å²) in [6, 6.07) is 15.3. The van der Waals surface area contributed by atoms with Gasteiger partial charge in [0.15, 0.2) is 0 Å². The SMILES string of the molecule is CC(=O)NC[C@H]1CN(c2ccc(C3CCN(Cc4ccccc4)C3)c(F)c2)C(=O)O1. The van der Waals surface area contributed by atoms with Crippen LogP contribution in [0.3, 0.4) is 0 Å². The summed E-state index contributed by atoms with van der Waals surface area (Å²) in [5, 5.41) is 2.64. The second kappa shape index (κ2) is 8.83. The molecule has 2 amide bonds. The van der Waals surface area contributed by atoms with E-state index in [4.69, 9.17) is 4.74 Å². The van der Waals surface area contributed by atoms with Crippen LogP contribution >= 0.6 is 0 Å². The number of nitrogens with zero attached hydrogens (tertiary/aromatic N) is 2. The van der Waals surface area contributed by atoms with Crippen molar-refractivity contribution in [2.75, 3.05) is 31.1 Å². The van der Waals surface area contributed by atoms with Crippen molar-refractivity contribution in [2.45, 2.75) is 31.9 Å². The van der Waals surface area contributed by atoms with Crippen LogP contribution in [0, 0.1) is 5.82 Å². The highest BCUT2D eigenvalue weighted by molar-refractivity contribution is 5.89. The molecule has 0 saturated carbocycles. The zero-order chi connectivity index (χ0) is 21.1. The number of amides is 2. The molecule has 2 aromatic carbocycles. The van der Waals surface area contributed by atoms with Gasteiger partial charge >= 0.3 is 6.09 Å². The van der Waals surface area contributed by atoms with E-state index in [0.717, 1.165) is 26.1 Å². The maximum absolute atomic E-state index is 14.9. The Kier molecular flexibility index (Phi) is 5.99. The minimum Gasteiger partial charge on any atom is -0.442 e. The Balaban J connectivity index is 1.39. The molecular formula is C23H26FN3O3. The van der Waals surface area contributed by atoms with E-state index in [1.807, 2.05) is 18.2 Å². The first kappa shape index (κ1) is 20.3. The fourth-order valence-electron chi connectivity index (χ4n) is 4.18. The smallest absolute Gasteiger partial charge is 0.414 e. The Morgan fingerprint density at radius 2 is 2.00 bits per heavy atom. The van der Waals surface area contributed by atoms with Crippen molar-refractivity contribution in [3.05, 3.63) is 65.5 Å². The second-order valence-corrected chi connectivity index (χ2v) is 7.97. The van der Waals surface area contributed by atoms with E-state index >= 15 is 0 Å². The number of rotatable bonds is 6. The minimum atomic E-state index is -0.521. The minimum absolute atomic E-state index is 0.140. The van der Waals surface area contributed by atoms with E-state index in [-0.39, 0.29) is 30.7 Å². The summed E-state index contributed by atoms with van der Waals surface area (Å²) in [5.41, 5.74) is 2.43. The van der Waals surface area contributed by atoms with E-state index in [0.29, 0.717) is 11.3 Å². The molecule has 7 heteroatoms. The second-order valence-electron chi connectivity index (χ2n) is 7.97. The highest BCUT2D eigenvalue weighted by Crippen LogP contribution is 2.32. The van der Waals surface area contributed by atoms with Crippen LogP contribution in [0.2, 0.25) is 0 Å². The molecule has 1 unspecified atom stereocenters. The van der Waals surface area contributed by atoms with E-state index in [1.165, 1.54) is 23.5 Å². The van der Waals surface area contributed by atoms with Crippen molar-refractivity contribution < 1.29 is 18.7 Å². The lowest BCUT2D eigenvalue weighted by atomic mass is 9.97. The maximum atomic E-state index is 14.9. The van der Waals surface area contributed by atoms with Gasteiger partial charge in [0.2, 0.25) is 5.91 Å². The van der Waals surface area contributed by atoms with Gasteiger partial charge in [0.05, 0.1) is 18.8 Å². The molecule has 4 rings (SSSR count). The molecule has 1 N–H and O–H groups in total. The molecule has 0 radical (unpaired) electrons. The molecule has 0 aliphatic carbocycles. The van der Waals surface area contributed by atoms with Crippen LogP contribution in [0.15, 0.2) is 48.5 Å². The fraction of sp³-hybridized carbons (Fsp3) is 0.391. The number of carbonyl (C=O) groups is 2. The van der Waals surface area contributed by atoms with Crippen LogP contribution < -0.4 is 10.2 Å². The molecule has 2 saturated heterocycles. The quantitative estimate of drug-likeness (QED) is 0.793. The topological polar surface area (TPSA) is 61.9 Å². The number of hydrogen-bond acceptors (Lipinski definition) is 4. The first-order chi connectivity index (χ1) is 14.5. The van der Waals surface area contributed by atoms with Crippen LogP contribution in [-0.2, 0) is 16.1 Å². The first-order valence-electron chi connectivity index (χ1n) is 10.3. The standard InChI is InChI=1S/C23H26FN3O3/c1-16(28)25-12-20-15-27(23(29)30-20)19-7-8-21(22(24)11-19)18-9-10-26(14-18)13-17-5-3-2-4-6-17/h2-8,11,18,20H,9-10,12-15H2,1H3,(H,25,28)/t18?,20-/m0/s1. The molecule has 2 aromatic rings. The van der Waals surface area contributed by atoms with E-state index < -0.39 is 12.2 Å². The lowest BCUT2D eigenvalue weighted by Gasteiger charge is -2.18. The number of cyclic esters (lactones) is 1. The first-order valence-corrected chi connectivity index (χ1v) is 10.3. The van der Waals surface area contributed by atoms with Gasteiger partial charge in [-0.3, -0.25) is 14.6 Å². The van der Waals surface area contributed by atoms with Crippen molar-refractivity contribution in [3.63, 3.8) is 0 Å². The zero-order valence-corrected chi connectivity index (χ0v) is 17.0. The van der Waals surface area contributed by atoms with Crippen LogP contribution in [-0.4, -0.2) is 49.2 Å². The van der Waals surface area contributed by atoms with E-state index in [2.05, 4.69) is 22.3 Å². The maximum Gasteiger partial charge on any atom is 0.414 e. The number of likely N-dealkylation sites (tertiary alicyclic amines) is 1. The number of carbonyl (C=O) groups excluding carboxylic acids is 2. The summed E-state index contributed by atoms with van der Waals surface area (Å²) in [6.07, 6.45) is -0.0499. The van der Waals surface area contributed by atoms with Gasteiger partial charge in [-0.25, -0.2) is 9.18 Å². The normalized spacial score (nSPS) is 21.7. The van der Waals surface area contributed by atoms with Crippen LogP contribution in [0.4, 0.5) is 14.9 Å². The van der Waals surface area contributed by atoms with Gasteiger partial charge < -0.3 is 10.1 Å². The van der Waals surface area contributed by atoms with E-state index in [9.17, 15) is 14.0 Å². The summed E-state index contributed by atoms with van der Waals surface area (Å²) >= 11 is 0. The van der Waals surface area contributed by atoms with Crippen molar-refractivity contribution in [3.8, 4) is 0 Å². The molecule has 2 atom stereocenters. The third-order valence-electron chi connectivity index (χ3n) is 5.71. The highest BCUT2D eigenvalue weighted by atomic mass is 19.1. The molecule has 0 bridgehead atoms. The Hall–Kier alpha value is -2.93. The van der Waals surface area contributed by atoms with Crippen molar-refractivity contribution in [1.29, 1.82) is 0 Å². The van der Waals surface area contributed by atoms with Gasteiger partial charge in [0.25, 0.3) is 0 Å². The zero-order valence-electron chi connectivity index (χ0n) is 17.0. The number of benzene rings is 2. The Morgan fingerprint density at radius 1 is 1.20 bits per heavy atom. The van der Waals surface area contributed by atoms with Gasteiger partial charge in [-0.05, 0) is 36.2 Å². The van der Waals surface area contributed by atoms with Gasteiger partial charge in [-0.15, -0.1) is 0 Å². The molecule has 0 aromatic heterocycles. The predicted octanol–water partition coefficient (Wildman–Crippen LogP) is 3.28. The summed E-state index contributed by atoms with van der Waals surface area (Å²) in [4.78, 5) is 27.0. The number of hydrogen-bond donors (Lipinski definition) is 1. The van der Waals surface area contributed by atoms with Gasteiger partial charge in [-0.2, -0.15) is 0 Å². The summed E-state index contributed by atoms with van der Waals surface area (Å²) in [6.45, 7) is 4.56. The molecule has 2 fully saturated rings. The summed E-state index contributed by atoms with van der Waals surface area (Å²) < 4.78 is 20.2. The fourth-order valence-corrected chi connectivity index (χ4v) is 4.18. The monoisotopic (exact) mass is 411 g/mol. The Morgan fingerprint density at radius 3 is 2.73 bits per heavy atom. The highest BCUT2D eigenvalue weighted by Gasteiger charge is 2.33. The van der Waals surface area contributed by atoms with E-state index in [1.54, 1.807) is 12.1 Å².